The molecule has 1 rings (SSSR count). The number of nitrogens with zero attached hydrogens (tertiary/aromatic N) is 2. The third-order valence-corrected chi connectivity index (χ3v) is 3.29. The first-order valence-electron chi connectivity index (χ1n) is 6.75. The van der Waals surface area contributed by atoms with Crippen molar-refractivity contribution >= 4 is 0 Å². The first-order valence-corrected chi connectivity index (χ1v) is 6.75. The van der Waals surface area contributed by atoms with E-state index in [-0.39, 0.29) is 0 Å². The highest BCUT2D eigenvalue weighted by Gasteiger charge is 2.14. The van der Waals surface area contributed by atoms with Gasteiger partial charge in [0.25, 0.3) is 0 Å². The Balaban J connectivity index is 2.52. The van der Waals surface area contributed by atoms with Crippen LogP contribution in [0, 0.1) is 12.8 Å². The fourth-order valence-electron chi connectivity index (χ4n) is 2.10. The van der Waals surface area contributed by atoms with Crippen molar-refractivity contribution in [1.29, 1.82) is 0 Å². The molecular weight excluding hydrogens is 226 g/mol. The van der Waals surface area contributed by atoms with Crippen LogP contribution in [-0.2, 0) is 13.6 Å². The predicted octanol–water partition coefficient (Wildman–Crippen LogP) is 2.65. The summed E-state index contributed by atoms with van der Waals surface area (Å²) in [4.78, 5) is 0. The molecule has 18 heavy (non-hydrogen) atoms. The van der Waals surface area contributed by atoms with Crippen LogP contribution in [-0.4, -0.2) is 22.9 Å². The average molecular weight is 253 g/mol. The largest absolute Gasteiger partial charge is 0.481 e. The number of nitrogens with one attached hydrogen (secondary N) is 1. The normalized spacial score (nSPS) is 13.1. The minimum atomic E-state index is 0.525. The summed E-state index contributed by atoms with van der Waals surface area (Å²) in [6, 6.07) is 0.525. The SMILES string of the molecule is COc1c(CNC(C)CCC(C)C)c(C)nn1C. The van der Waals surface area contributed by atoms with Crippen LogP contribution in [0.2, 0.25) is 0 Å². The molecule has 104 valence electrons. The van der Waals surface area contributed by atoms with Gasteiger partial charge in [0, 0.05) is 19.6 Å². The first-order chi connectivity index (χ1) is 8.45. The van der Waals surface area contributed by atoms with Crippen molar-refractivity contribution in [2.45, 2.75) is 53.1 Å². The zero-order valence-corrected chi connectivity index (χ0v) is 12.6. The third kappa shape index (κ3) is 4.02. The van der Waals surface area contributed by atoms with E-state index in [1.165, 1.54) is 12.8 Å². The van der Waals surface area contributed by atoms with Crippen molar-refractivity contribution in [3.8, 4) is 5.88 Å². The van der Waals surface area contributed by atoms with Crippen molar-refractivity contribution in [2.24, 2.45) is 13.0 Å². The number of aryl methyl sites for hydroxylation is 2. The lowest BCUT2D eigenvalue weighted by Gasteiger charge is -2.15. The van der Waals surface area contributed by atoms with Crippen LogP contribution in [0.25, 0.3) is 0 Å². The molecule has 0 aromatic carbocycles. The van der Waals surface area contributed by atoms with Crippen LogP contribution in [0.1, 0.15) is 44.9 Å². The van der Waals surface area contributed by atoms with Gasteiger partial charge in [-0.3, -0.25) is 0 Å². The van der Waals surface area contributed by atoms with Gasteiger partial charge in [-0.2, -0.15) is 5.10 Å². The molecule has 1 unspecified atom stereocenters. The van der Waals surface area contributed by atoms with Gasteiger partial charge in [-0.1, -0.05) is 13.8 Å². The second kappa shape index (κ2) is 6.78. The number of hydrogen-bond donors (Lipinski definition) is 1. The highest BCUT2D eigenvalue weighted by Crippen LogP contribution is 2.20. The van der Waals surface area contributed by atoms with Gasteiger partial charge < -0.3 is 10.1 Å². The minimum Gasteiger partial charge on any atom is -0.481 e. The van der Waals surface area contributed by atoms with Crippen LogP contribution >= 0.6 is 0 Å². The van der Waals surface area contributed by atoms with Gasteiger partial charge in [0.15, 0.2) is 0 Å². The molecule has 4 heteroatoms. The molecule has 0 saturated carbocycles. The molecule has 1 aromatic rings. The summed E-state index contributed by atoms with van der Waals surface area (Å²) >= 11 is 0. The lowest BCUT2D eigenvalue weighted by molar-refractivity contribution is 0.365. The Labute approximate surface area is 111 Å². The summed E-state index contributed by atoms with van der Waals surface area (Å²) < 4.78 is 7.18. The van der Waals surface area contributed by atoms with Gasteiger partial charge in [0.2, 0.25) is 5.88 Å². The molecule has 0 aliphatic heterocycles. The molecular formula is C14H27N3O. The molecule has 0 spiro atoms. The molecule has 0 aliphatic rings. The van der Waals surface area contributed by atoms with Gasteiger partial charge in [-0.05, 0) is 32.6 Å². The second-order valence-corrected chi connectivity index (χ2v) is 5.45. The maximum Gasteiger partial charge on any atom is 0.216 e. The third-order valence-electron chi connectivity index (χ3n) is 3.29. The molecule has 0 fully saturated rings. The first kappa shape index (κ1) is 15.0. The number of rotatable bonds is 7. The van der Waals surface area contributed by atoms with E-state index in [2.05, 4.69) is 31.2 Å². The molecule has 1 N–H and O–H groups in total. The van der Waals surface area contributed by atoms with Gasteiger partial charge in [0.05, 0.1) is 18.4 Å². The zero-order valence-electron chi connectivity index (χ0n) is 12.6. The molecule has 1 heterocycles. The smallest absolute Gasteiger partial charge is 0.216 e. The van der Waals surface area contributed by atoms with E-state index in [9.17, 15) is 0 Å². The Hall–Kier alpha value is -1.03. The van der Waals surface area contributed by atoms with Crippen LogP contribution in [0.3, 0.4) is 0 Å². The van der Waals surface area contributed by atoms with Crippen molar-refractivity contribution in [3.05, 3.63) is 11.3 Å². The average Bonchev–Trinajstić information content (AvgIpc) is 2.57. The maximum absolute atomic E-state index is 5.39. The molecule has 0 bridgehead atoms. The fraction of sp³-hybridized carbons (Fsp3) is 0.786. The van der Waals surface area contributed by atoms with Crippen LogP contribution in [0.15, 0.2) is 0 Å². The highest BCUT2D eigenvalue weighted by molar-refractivity contribution is 5.30. The van der Waals surface area contributed by atoms with Crippen LogP contribution in [0.5, 0.6) is 5.88 Å². The summed E-state index contributed by atoms with van der Waals surface area (Å²) in [7, 11) is 3.61. The zero-order chi connectivity index (χ0) is 13.7. The molecule has 4 nitrogen and oxygen atoms in total. The number of hydrogen-bond acceptors (Lipinski definition) is 3. The quantitative estimate of drug-likeness (QED) is 0.812. The van der Waals surface area contributed by atoms with Crippen molar-refractivity contribution in [2.75, 3.05) is 7.11 Å². The van der Waals surface area contributed by atoms with E-state index < -0.39 is 0 Å². The standard InChI is InChI=1S/C14H27N3O/c1-10(2)7-8-11(3)15-9-13-12(4)16-17(5)14(13)18-6/h10-11,15H,7-9H2,1-6H3. The van der Waals surface area contributed by atoms with Crippen molar-refractivity contribution < 1.29 is 4.74 Å². The van der Waals surface area contributed by atoms with Gasteiger partial charge >= 0.3 is 0 Å². The highest BCUT2D eigenvalue weighted by atomic mass is 16.5. The lowest BCUT2D eigenvalue weighted by Crippen LogP contribution is -2.26. The van der Waals surface area contributed by atoms with Crippen molar-refractivity contribution in [1.82, 2.24) is 15.1 Å². The summed E-state index contributed by atoms with van der Waals surface area (Å²) in [6.07, 6.45) is 2.47. The van der Waals surface area contributed by atoms with Gasteiger partial charge in [-0.15, -0.1) is 0 Å². The summed E-state index contributed by atoms with van der Waals surface area (Å²) in [6.45, 7) is 9.61. The van der Waals surface area contributed by atoms with E-state index in [4.69, 9.17) is 4.74 Å². The van der Waals surface area contributed by atoms with E-state index in [0.717, 1.165) is 29.6 Å². The Morgan fingerprint density at radius 2 is 1.94 bits per heavy atom. The van der Waals surface area contributed by atoms with Gasteiger partial charge in [0.1, 0.15) is 0 Å². The van der Waals surface area contributed by atoms with E-state index in [0.29, 0.717) is 6.04 Å². The molecule has 0 amide bonds. The summed E-state index contributed by atoms with van der Waals surface area (Å²) in [5.74, 6) is 1.62. The van der Waals surface area contributed by atoms with Gasteiger partial charge in [-0.25, -0.2) is 4.68 Å². The predicted molar refractivity (Wildman–Crippen MR) is 74.9 cm³/mol. The Kier molecular flexibility index (Phi) is 5.66. The molecule has 1 aromatic heterocycles. The molecule has 1 atom stereocenters. The molecule has 0 saturated heterocycles. The monoisotopic (exact) mass is 253 g/mol. The van der Waals surface area contributed by atoms with E-state index in [1.54, 1.807) is 11.8 Å². The lowest BCUT2D eigenvalue weighted by atomic mass is 10.0. The fourth-order valence-corrected chi connectivity index (χ4v) is 2.10. The molecule has 0 radical (unpaired) electrons. The maximum atomic E-state index is 5.39. The molecule has 0 aliphatic carbocycles. The van der Waals surface area contributed by atoms with E-state index >= 15 is 0 Å². The summed E-state index contributed by atoms with van der Waals surface area (Å²) in [5, 5.41) is 7.94. The second-order valence-electron chi connectivity index (χ2n) is 5.45. The van der Waals surface area contributed by atoms with E-state index in [1.807, 2.05) is 14.0 Å². The van der Waals surface area contributed by atoms with Crippen LogP contribution in [0.4, 0.5) is 0 Å². The Morgan fingerprint density at radius 1 is 1.28 bits per heavy atom. The Bertz CT molecular complexity index is 371. The van der Waals surface area contributed by atoms with Crippen LogP contribution < -0.4 is 10.1 Å². The summed E-state index contributed by atoms with van der Waals surface area (Å²) in [5.41, 5.74) is 2.20. The minimum absolute atomic E-state index is 0.525. The topological polar surface area (TPSA) is 39.1 Å². The Morgan fingerprint density at radius 3 is 2.50 bits per heavy atom. The number of aromatic nitrogens is 2. The number of methoxy groups -OCH3 is 1. The number of ether oxygens (including phenoxy) is 1. The van der Waals surface area contributed by atoms with Crippen molar-refractivity contribution in [3.63, 3.8) is 0 Å².